The van der Waals surface area contributed by atoms with Gasteiger partial charge in [-0.2, -0.15) is 0 Å². The van der Waals surface area contributed by atoms with Crippen LogP contribution in [0, 0.1) is 0 Å². The number of hydrogen-bond acceptors (Lipinski definition) is 6. The summed E-state index contributed by atoms with van der Waals surface area (Å²) in [5, 5.41) is 3.94. The Hall–Kier alpha value is -3.19. The number of benzene rings is 2. The molecule has 27 heavy (non-hydrogen) atoms. The average molecular weight is 383 g/mol. The first-order chi connectivity index (χ1) is 13.0. The number of fused-ring (bicyclic) bond motifs is 1. The number of amides is 1. The Balaban J connectivity index is 1.91. The number of ether oxygens (including phenoxy) is 2. The second-order valence-corrected chi connectivity index (χ2v) is 6.60. The Bertz CT molecular complexity index is 1010. The van der Waals surface area contributed by atoms with Gasteiger partial charge in [-0.05, 0) is 37.3 Å². The molecule has 0 aliphatic rings. The molecule has 0 aliphatic heterocycles. The van der Waals surface area contributed by atoms with Gasteiger partial charge in [-0.25, -0.2) is 9.59 Å². The fraction of sp³-hybridized carbons (Fsp3) is 0.150. The normalized spacial score (nSPS) is 10.4. The molecule has 3 rings (SSSR count). The zero-order chi connectivity index (χ0) is 19.4. The summed E-state index contributed by atoms with van der Waals surface area (Å²) in [7, 11) is 1.29. The molecule has 1 aromatic heterocycles. The summed E-state index contributed by atoms with van der Waals surface area (Å²) in [6, 6.07) is 13.5. The van der Waals surface area contributed by atoms with E-state index in [0.717, 1.165) is 10.1 Å². The minimum absolute atomic E-state index is 0.241. The van der Waals surface area contributed by atoms with Crippen molar-refractivity contribution in [2.24, 2.45) is 0 Å². The number of anilines is 1. The molecule has 0 bridgehead atoms. The van der Waals surface area contributed by atoms with Crippen molar-refractivity contribution in [2.45, 2.75) is 6.92 Å². The summed E-state index contributed by atoms with van der Waals surface area (Å²) in [5.74, 6) is -1.34. The maximum absolute atomic E-state index is 12.6. The molecular formula is C20H17NO5S. The smallest absolute Gasteiger partial charge is 0.341 e. The predicted molar refractivity (Wildman–Crippen MR) is 104 cm³/mol. The number of carbonyl (C=O) groups excluding carboxylic acids is 3. The molecule has 0 spiro atoms. The average Bonchev–Trinajstić information content (AvgIpc) is 3.05. The van der Waals surface area contributed by atoms with Crippen LogP contribution in [-0.2, 0) is 9.47 Å². The largest absolute Gasteiger partial charge is 0.465 e. The Labute approximate surface area is 159 Å². The Morgan fingerprint density at radius 1 is 0.963 bits per heavy atom. The third kappa shape index (κ3) is 3.83. The minimum Gasteiger partial charge on any atom is -0.465 e. The van der Waals surface area contributed by atoms with E-state index in [2.05, 4.69) is 10.1 Å². The highest BCUT2D eigenvalue weighted by Gasteiger charge is 2.22. The van der Waals surface area contributed by atoms with Gasteiger partial charge in [-0.3, -0.25) is 4.79 Å². The maximum Gasteiger partial charge on any atom is 0.341 e. The highest BCUT2D eigenvalue weighted by atomic mass is 32.1. The van der Waals surface area contributed by atoms with E-state index in [9.17, 15) is 14.4 Å². The summed E-state index contributed by atoms with van der Waals surface area (Å²) in [4.78, 5) is 36.5. The van der Waals surface area contributed by atoms with Crippen molar-refractivity contribution in [1.82, 2.24) is 0 Å². The molecule has 1 N–H and O–H groups in total. The molecule has 1 heterocycles. The molecule has 0 radical (unpaired) electrons. The van der Waals surface area contributed by atoms with Gasteiger partial charge in [0.05, 0.1) is 19.3 Å². The monoisotopic (exact) mass is 383 g/mol. The SMILES string of the molecule is CCOC(=O)c1c(NC(=O)c2ccc(C(=O)OC)cc2)sc2ccccc12. The Kier molecular flexibility index (Phi) is 5.52. The van der Waals surface area contributed by atoms with Crippen molar-refractivity contribution < 1.29 is 23.9 Å². The highest BCUT2D eigenvalue weighted by molar-refractivity contribution is 7.23. The topological polar surface area (TPSA) is 81.7 Å². The summed E-state index contributed by atoms with van der Waals surface area (Å²) < 4.78 is 10.7. The molecule has 3 aromatic rings. The molecule has 0 aliphatic carbocycles. The van der Waals surface area contributed by atoms with Gasteiger partial charge in [0, 0.05) is 15.6 Å². The third-order valence-electron chi connectivity index (χ3n) is 3.87. The van der Waals surface area contributed by atoms with Crippen molar-refractivity contribution in [3.8, 4) is 0 Å². The van der Waals surface area contributed by atoms with Crippen LogP contribution in [0.5, 0.6) is 0 Å². The zero-order valence-corrected chi connectivity index (χ0v) is 15.6. The number of carbonyl (C=O) groups is 3. The van der Waals surface area contributed by atoms with Crippen LogP contribution in [-0.4, -0.2) is 31.6 Å². The van der Waals surface area contributed by atoms with Crippen LogP contribution in [0.15, 0.2) is 48.5 Å². The van der Waals surface area contributed by atoms with E-state index >= 15 is 0 Å². The molecule has 6 nitrogen and oxygen atoms in total. The summed E-state index contributed by atoms with van der Waals surface area (Å²) in [6.45, 7) is 1.97. The summed E-state index contributed by atoms with van der Waals surface area (Å²) >= 11 is 1.31. The van der Waals surface area contributed by atoms with Gasteiger partial charge in [0.1, 0.15) is 10.6 Å². The lowest BCUT2D eigenvalue weighted by Gasteiger charge is -2.07. The molecule has 0 saturated carbocycles. The number of thiophene rings is 1. The second kappa shape index (κ2) is 8.01. The zero-order valence-electron chi connectivity index (χ0n) is 14.8. The molecule has 2 aromatic carbocycles. The number of methoxy groups -OCH3 is 1. The lowest BCUT2D eigenvalue weighted by molar-refractivity contribution is 0.0529. The standard InChI is InChI=1S/C20H17NO5S/c1-3-26-20(24)16-14-6-4-5-7-15(14)27-18(16)21-17(22)12-8-10-13(11-9-12)19(23)25-2/h4-11H,3H2,1-2H3,(H,21,22). The number of rotatable bonds is 5. The van der Waals surface area contributed by atoms with Gasteiger partial charge >= 0.3 is 11.9 Å². The first-order valence-electron chi connectivity index (χ1n) is 8.23. The molecule has 0 fully saturated rings. The van der Waals surface area contributed by atoms with Gasteiger partial charge in [0.15, 0.2) is 0 Å². The molecule has 138 valence electrons. The van der Waals surface area contributed by atoms with E-state index in [1.807, 2.05) is 24.3 Å². The molecule has 1 amide bonds. The van der Waals surface area contributed by atoms with Gasteiger partial charge < -0.3 is 14.8 Å². The summed E-state index contributed by atoms with van der Waals surface area (Å²) in [6.07, 6.45) is 0. The first-order valence-corrected chi connectivity index (χ1v) is 9.05. The van der Waals surface area contributed by atoms with E-state index in [-0.39, 0.29) is 12.5 Å². The fourth-order valence-electron chi connectivity index (χ4n) is 2.59. The first kappa shape index (κ1) is 18.6. The van der Waals surface area contributed by atoms with Crippen LogP contribution in [0.1, 0.15) is 38.0 Å². The second-order valence-electron chi connectivity index (χ2n) is 5.55. The lowest BCUT2D eigenvalue weighted by Crippen LogP contribution is -2.14. The van der Waals surface area contributed by atoms with Gasteiger partial charge in [-0.1, -0.05) is 18.2 Å². The van der Waals surface area contributed by atoms with Crippen LogP contribution < -0.4 is 5.32 Å². The number of hydrogen-bond donors (Lipinski definition) is 1. The van der Waals surface area contributed by atoms with Crippen molar-refractivity contribution in [1.29, 1.82) is 0 Å². The van der Waals surface area contributed by atoms with E-state index in [4.69, 9.17) is 4.74 Å². The lowest BCUT2D eigenvalue weighted by atomic mass is 10.1. The Morgan fingerprint density at radius 2 is 1.63 bits per heavy atom. The molecule has 7 heteroatoms. The van der Waals surface area contributed by atoms with Crippen LogP contribution in [0.3, 0.4) is 0 Å². The third-order valence-corrected chi connectivity index (χ3v) is 4.96. The maximum atomic E-state index is 12.6. The van der Waals surface area contributed by atoms with Crippen LogP contribution >= 0.6 is 11.3 Å². The predicted octanol–water partition coefficient (Wildman–Crippen LogP) is 4.12. The Morgan fingerprint density at radius 3 is 2.30 bits per heavy atom. The molecule has 0 unspecified atom stereocenters. The fourth-order valence-corrected chi connectivity index (χ4v) is 3.68. The van der Waals surface area contributed by atoms with Crippen molar-refractivity contribution >= 4 is 44.3 Å². The van der Waals surface area contributed by atoms with Crippen molar-refractivity contribution in [2.75, 3.05) is 19.0 Å². The van der Waals surface area contributed by atoms with Gasteiger partial charge in [0.2, 0.25) is 0 Å². The molecule has 0 saturated heterocycles. The van der Waals surface area contributed by atoms with Gasteiger partial charge in [-0.15, -0.1) is 11.3 Å². The van der Waals surface area contributed by atoms with E-state index in [1.165, 1.54) is 42.7 Å². The minimum atomic E-state index is -0.480. The quantitative estimate of drug-likeness (QED) is 0.671. The van der Waals surface area contributed by atoms with E-state index in [0.29, 0.717) is 21.7 Å². The van der Waals surface area contributed by atoms with Crippen molar-refractivity contribution in [3.05, 3.63) is 65.2 Å². The van der Waals surface area contributed by atoms with E-state index in [1.54, 1.807) is 6.92 Å². The molecular weight excluding hydrogens is 366 g/mol. The highest BCUT2D eigenvalue weighted by Crippen LogP contribution is 2.36. The van der Waals surface area contributed by atoms with Crippen LogP contribution in [0.4, 0.5) is 5.00 Å². The molecule has 0 atom stereocenters. The number of esters is 2. The van der Waals surface area contributed by atoms with E-state index < -0.39 is 11.9 Å². The number of nitrogens with one attached hydrogen (secondary N) is 1. The van der Waals surface area contributed by atoms with Crippen LogP contribution in [0.2, 0.25) is 0 Å². The van der Waals surface area contributed by atoms with Gasteiger partial charge in [0.25, 0.3) is 5.91 Å². The van der Waals surface area contributed by atoms with Crippen LogP contribution in [0.25, 0.3) is 10.1 Å². The van der Waals surface area contributed by atoms with Crippen molar-refractivity contribution in [3.63, 3.8) is 0 Å². The summed E-state index contributed by atoms with van der Waals surface area (Å²) in [5.41, 5.74) is 1.05.